The van der Waals surface area contributed by atoms with Crippen LogP contribution in [0.1, 0.15) is 10.4 Å². The van der Waals surface area contributed by atoms with Gasteiger partial charge in [-0.3, -0.25) is 9.10 Å². The lowest BCUT2D eigenvalue weighted by molar-refractivity contribution is 0.102. The molecule has 0 saturated heterocycles. The third-order valence-electron chi connectivity index (χ3n) is 4.16. The molecule has 3 aromatic carbocycles. The fourth-order valence-corrected chi connectivity index (χ4v) is 4.19. The minimum absolute atomic E-state index is 0.113. The van der Waals surface area contributed by atoms with Gasteiger partial charge in [-0.25, -0.2) is 8.42 Å². The van der Waals surface area contributed by atoms with Crippen molar-refractivity contribution in [2.75, 3.05) is 16.7 Å². The molecular weight excluding hydrogens is 455 g/mol. The van der Waals surface area contributed by atoms with Crippen LogP contribution >= 0.6 is 34.8 Å². The molecular formula is C20H15Cl3N2O3S. The minimum Gasteiger partial charge on any atom is -0.321 e. The normalized spacial score (nSPS) is 11.2. The van der Waals surface area contributed by atoms with E-state index >= 15 is 0 Å². The molecule has 0 fully saturated rings. The molecule has 29 heavy (non-hydrogen) atoms. The fourth-order valence-electron chi connectivity index (χ4n) is 2.52. The van der Waals surface area contributed by atoms with Gasteiger partial charge < -0.3 is 5.32 Å². The van der Waals surface area contributed by atoms with Gasteiger partial charge in [-0.1, -0.05) is 40.9 Å². The second-order valence-corrected chi connectivity index (χ2v) is 9.22. The van der Waals surface area contributed by atoms with Gasteiger partial charge >= 0.3 is 0 Å². The van der Waals surface area contributed by atoms with Gasteiger partial charge in [-0.05, 0) is 60.7 Å². The molecule has 0 aromatic heterocycles. The second kappa shape index (κ2) is 8.63. The van der Waals surface area contributed by atoms with Crippen molar-refractivity contribution in [1.29, 1.82) is 0 Å². The predicted molar refractivity (Wildman–Crippen MR) is 118 cm³/mol. The number of nitrogens with one attached hydrogen (secondary N) is 1. The lowest BCUT2D eigenvalue weighted by Gasteiger charge is -2.20. The summed E-state index contributed by atoms with van der Waals surface area (Å²) < 4.78 is 26.6. The monoisotopic (exact) mass is 468 g/mol. The van der Waals surface area contributed by atoms with E-state index in [9.17, 15) is 13.2 Å². The van der Waals surface area contributed by atoms with E-state index in [1.807, 2.05) is 0 Å². The van der Waals surface area contributed by atoms with E-state index in [2.05, 4.69) is 5.32 Å². The lowest BCUT2D eigenvalue weighted by Crippen LogP contribution is -2.26. The van der Waals surface area contributed by atoms with E-state index in [0.717, 1.165) is 4.31 Å². The standard InChI is InChI=1S/C20H15Cl3N2O3S/c1-25(29(27,28)16-11-7-14(21)8-12-16)15-9-5-13(6-10-15)20(26)24-18-4-2-3-17(22)19(18)23/h2-12H,1H3,(H,24,26). The van der Waals surface area contributed by atoms with E-state index in [1.54, 1.807) is 30.3 Å². The van der Waals surface area contributed by atoms with Crippen molar-refractivity contribution in [3.63, 3.8) is 0 Å². The summed E-state index contributed by atoms with van der Waals surface area (Å²) in [4.78, 5) is 12.6. The van der Waals surface area contributed by atoms with E-state index < -0.39 is 15.9 Å². The Morgan fingerprint density at radius 2 is 1.52 bits per heavy atom. The summed E-state index contributed by atoms with van der Waals surface area (Å²) in [5.41, 5.74) is 1.12. The van der Waals surface area contributed by atoms with Gasteiger partial charge in [0, 0.05) is 17.6 Å². The number of hydrogen-bond acceptors (Lipinski definition) is 3. The molecule has 0 heterocycles. The molecule has 1 N–H and O–H groups in total. The van der Waals surface area contributed by atoms with Crippen LogP contribution in [0.5, 0.6) is 0 Å². The SMILES string of the molecule is CN(c1ccc(C(=O)Nc2cccc(Cl)c2Cl)cc1)S(=O)(=O)c1ccc(Cl)cc1. The van der Waals surface area contributed by atoms with Gasteiger partial charge in [0.25, 0.3) is 15.9 Å². The zero-order chi connectivity index (χ0) is 21.2. The number of amides is 1. The molecule has 0 aliphatic heterocycles. The Hall–Kier alpha value is -2.25. The molecule has 0 atom stereocenters. The van der Waals surface area contributed by atoms with Crippen LogP contribution in [-0.4, -0.2) is 21.4 Å². The quantitative estimate of drug-likeness (QED) is 0.519. The second-order valence-electron chi connectivity index (χ2n) is 6.03. The summed E-state index contributed by atoms with van der Waals surface area (Å²) in [6.07, 6.45) is 0. The van der Waals surface area contributed by atoms with Crippen molar-refractivity contribution in [2.24, 2.45) is 0 Å². The maximum absolute atomic E-state index is 12.7. The summed E-state index contributed by atoms with van der Waals surface area (Å²) in [5.74, 6) is -0.399. The molecule has 150 valence electrons. The number of nitrogens with zero attached hydrogens (tertiary/aromatic N) is 1. The van der Waals surface area contributed by atoms with Gasteiger partial charge in [0.15, 0.2) is 0 Å². The van der Waals surface area contributed by atoms with Crippen molar-refractivity contribution >= 4 is 62.1 Å². The van der Waals surface area contributed by atoms with Crippen LogP contribution in [0, 0.1) is 0 Å². The number of benzene rings is 3. The Morgan fingerprint density at radius 1 is 0.897 bits per heavy atom. The molecule has 0 radical (unpaired) electrons. The highest BCUT2D eigenvalue weighted by atomic mass is 35.5. The summed E-state index contributed by atoms with van der Waals surface area (Å²) in [6, 6.07) is 16.9. The van der Waals surface area contributed by atoms with Crippen molar-refractivity contribution in [3.05, 3.63) is 87.4 Å². The average Bonchev–Trinajstić information content (AvgIpc) is 2.71. The van der Waals surface area contributed by atoms with E-state index in [-0.39, 0.29) is 9.92 Å². The first kappa shape index (κ1) is 21.5. The zero-order valence-electron chi connectivity index (χ0n) is 15.1. The largest absolute Gasteiger partial charge is 0.321 e. The molecule has 1 amide bonds. The number of carbonyl (C=O) groups excluding carboxylic acids is 1. The number of rotatable bonds is 5. The van der Waals surface area contributed by atoms with Crippen LogP contribution in [0.2, 0.25) is 15.1 Å². The predicted octanol–water partition coefficient (Wildman–Crippen LogP) is 5.72. The van der Waals surface area contributed by atoms with Gasteiger partial charge in [0.05, 0.1) is 26.3 Å². The van der Waals surface area contributed by atoms with Crippen LogP contribution < -0.4 is 9.62 Å². The van der Waals surface area contributed by atoms with Crippen molar-refractivity contribution in [2.45, 2.75) is 4.90 Å². The smallest absolute Gasteiger partial charge is 0.264 e. The van der Waals surface area contributed by atoms with Crippen LogP contribution in [0.3, 0.4) is 0 Å². The van der Waals surface area contributed by atoms with Crippen LogP contribution in [0.15, 0.2) is 71.6 Å². The number of anilines is 2. The maximum Gasteiger partial charge on any atom is 0.264 e. The third-order valence-corrected chi connectivity index (χ3v) is 7.04. The highest BCUT2D eigenvalue weighted by Gasteiger charge is 2.21. The van der Waals surface area contributed by atoms with Gasteiger partial charge in [0.1, 0.15) is 0 Å². The Labute approximate surface area is 183 Å². The van der Waals surface area contributed by atoms with Crippen LogP contribution in [-0.2, 0) is 10.0 Å². The van der Waals surface area contributed by atoms with Crippen LogP contribution in [0.4, 0.5) is 11.4 Å². The summed E-state index contributed by atoms with van der Waals surface area (Å²) in [5, 5.41) is 3.69. The first-order valence-corrected chi connectivity index (χ1v) is 10.9. The summed E-state index contributed by atoms with van der Waals surface area (Å²) >= 11 is 17.8. The molecule has 0 saturated carbocycles. The third kappa shape index (κ3) is 4.67. The molecule has 0 aliphatic carbocycles. The van der Waals surface area contributed by atoms with Crippen LogP contribution in [0.25, 0.3) is 0 Å². The summed E-state index contributed by atoms with van der Waals surface area (Å²) in [6.45, 7) is 0. The molecule has 0 spiro atoms. The Kier molecular flexibility index (Phi) is 6.39. The molecule has 3 rings (SSSR count). The Bertz CT molecular complexity index is 1150. The molecule has 5 nitrogen and oxygen atoms in total. The highest BCUT2D eigenvalue weighted by molar-refractivity contribution is 7.92. The molecule has 0 bridgehead atoms. The molecule has 9 heteroatoms. The van der Waals surface area contributed by atoms with Gasteiger partial charge in [-0.2, -0.15) is 0 Å². The number of carbonyl (C=O) groups is 1. The molecule has 3 aromatic rings. The lowest BCUT2D eigenvalue weighted by atomic mass is 10.2. The Morgan fingerprint density at radius 3 is 2.14 bits per heavy atom. The first-order chi connectivity index (χ1) is 13.7. The minimum atomic E-state index is -3.76. The first-order valence-electron chi connectivity index (χ1n) is 8.30. The average molecular weight is 470 g/mol. The van der Waals surface area contributed by atoms with Crippen molar-refractivity contribution in [3.8, 4) is 0 Å². The Balaban J connectivity index is 1.79. The summed E-state index contributed by atoms with van der Waals surface area (Å²) in [7, 11) is -2.32. The number of hydrogen-bond donors (Lipinski definition) is 1. The maximum atomic E-state index is 12.7. The molecule has 0 unspecified atom stereocenters. The van der Waals surface area contributed by atoms with E-state index in [4.69, 9.17) is 34.8 Å². The van der Waals surface area contributed by atoms with Gasteiger partial charge in [-0.15, -0.1) is 0 Å². The molecule has 0 aliphatic rings. The fraction of sp³-hybridized carbons (Fsp3) is 0.0500. The van der Waals surface area contributed by atoms with E-state index in [0.29, 0.717) is 27.0 Å². The van der Waals surface area contributed by atoms with Gasteiger partial charge in [0.2, 0.25) is 0 Å². The topological polar surface area (TPSA) is 66.5 Å². The van der Waals surface area contributed by atoms with Crippen molar-refractivity contribution in [1.82, 2.24) is 0 Å². The number of halogens is 3. The van der Waals surface area contributed by atoms with E-state index in [1.165, 1.54) is 43.4 Å². The zero-order valence-corrected chi connectivity index (χ0v) is 18.1. The highest BCUT2D eigenvalue weighted by Crippen LogP contribution is 2.30. The number of sulfonamides is 1. The van der Waals surface area contributed by atoms with Crippen molar-refractivity contribution < 1.29 is 13.2 Å².